The van der Waals surface area contributed by atoms with E-state index < -0.39 is 53.4 Å². The van der Waals surface area contributed by atoms with Gasteiger partial charge in [-0.15, -0.1) is 0 Å². The minimum Gasteiger partial charge on any atom is -0.481 e. The lowest BCUT2D eigenvalue weighted by molar-refractivity contribution is -0.139. The quantitative estimate of drug-likeness (QED) is 0.134. The van der Waals surface area contributed by atoms with Gasteiger partial charge in [-0.05, 0) is 80.6 Å². The first-order valence-electron chi connectivity index (χ1n) is 13.8. The molecule has 3 aromatic carbocycles. The van der Waals surface area contributed by atoms with E-state index in [9.17, 15) is 33.0 Å². The predicted molar refractivity (Wildman–Crippen MR) is 157 cm³/mol. The van der Waals surface area contributed by atoms with Crippen LogP contribution in [0.4, 0.5) is 18.9 Å². The summed E-state index contributed by atoms with van der Waals surface area (Å²) in [5.41, 5.74) is 1.95. The van der Waals surface area contributed by atoms with Crippen LogP contribution in [0.25, 0.3) is 22.3 Å². The van der Waals surface area contributed by atoms with E-state index in [1.54, 1.807) is 44.2 Å². The molecule has 0 spiro atoms. The Bertz CT molecular complexity index is 1580. The van der Waals surface area contributed by atoms with Crippen molar-refractivity contribution in [3.8, 4) is 22.3 Å². The number of para-hydroxylation sites is 1. The van der Waals surface area contributed by atoms with Gasteiger partial charge in [0.2, 0.25) is 5.91 Å². The molecule has 0 aliphatic rings. The number of aliphatic hydroxyl groups is 2. The average Bonchev–Trinajstić information content (AvgIpc) is 3.33. The van der Waals surface area contributed by atoms with E-state index in [1.807, 2.05) is 0 Å². The van der Waals surface area contributed by atoms with Gasteiger partial charge in [0.15, 0.2) is 0 Å². The minimum atomic E-state index is -1.31. The van der Waals surface area contributed by atoms with Crippen LogP contribution in [0, 0.1) is 17.5 Å². The van der Waals surface area contributed by atoms with Crippen molar-refractivity contribution in [1.29, 1.82) is 0 Å². The normalized spacial score (nSPS) is 13.0. The molecule has 0 saturated heterocycles. The fraction of sp³-hybridized carbons (Fsp3) is 0.273. The summed E-state index contributed by atoms with van der Waals surface area (Å²) in [6.07, 6.45) is -2.63. The highest BCUT2D eigenvalue weighted by molar-refractivity contribution is 6.01. The number of carbonyl (C=O) groups is 2. The van der Waals surface area contributed by atoms with E-state index in [0.717, 1.165) is 0 Å². The van der Waals surface area contributed by atoms with E-state index in [2.05, 4.69) is 10.3 Å². The number of aromatic amines is 1. The Balaban J connectivity index is 1.83. The fourth-order valence-corrected chi connectivity index (χ4v) is 5.03. The van der Waals surface area contributed by atoms with Gasteiger partial charge in [-0.25, -0.2) is 13.2 Å². The molecule has 43 heavy (non-hydrogen) atoms. The number of nitrogens with one attached hydrogen (secondary N) is 2. The Hall–Kier alpha value is -4.41. The number of hydrogen-bond acceptors (Lipinski definition) is 4. The van der Waals surface area contributed by atoms with Crippen molar-refractivity contribution in [1.82, 2.24) is 4.98 Å². The first-order chi connectivity index (χ1) is 20.4. The smallest absolute Gasteiger partial charge is 0.305 e. The molecule has 4 aromatic rings. The Morgan fingerprint density at radius 1 is 0.837 bits per heavy atom. The number of amides is 1. The van der Waals surface area contributed by atoms with Crippen molar-refractivity contribution in [3.05, 3.63) is 102 Å². The van der Waals surface area contributed by atoms with Gasteiger partial charge in [0, 0.05) is 22.5 Å². The van der Waals surface area contributed by atoms with Gasteiger partial charge < -0.3 is 25.6 Å². The highest BCUT2D eigenvalue weighted by Crippen LogP contribution is 2.44. The van der Waals surface area contributed by atoms with Crippen LogP contribution >= 0.6 is 0 Å². The summed E-state index contributed by atoms with van der Waals surface area (Å²) in [6.45, 7) is 3.30. The summed E-state index contributed by atoms with van der Waals surface area (Å²) in [5.74, 6) is -3.26. The fourth-order valence-electron chi connectivity index (χ4n) is 5.03. The first kappa shape index (κ1) is 31.5. The molecule has 5 N–H and O–H groups in total. The molecule has 0 radical (unpaired) electrons. The molecule has 0 fully saturated rings. The number of aromatic nitrogens is 1. The van der Waals surface area contributed by atoms with E-state index in [-0.39, 0.29) is 24.9 Å². The molecule has 2 atom stereocenters. The molecule has 4 rings (SSSR count). The largest absolute Gasteiger partial charge is 0.481 e. The Morgan fingerprint density at radius 3 is 1.95 bits per heavy atom. The number of anilines is 1. The molecule has 0 bridgehead atoms. The molecular weight excluding hydrogens is 561 g/mol. The second kappa shape index (κ2) is 13.3. The maximum absolute atomic E-state index is 14.4. The Kier molecular flexibility index (Phi) is 9.73. The lowest BCUT2D eigenvalue weighted by atomic mass is 9.82. The van der Waals surface area contributed by atoms with Crippen LogP contribution in [0.1, 0.15) is 44.5 Å². The van der Waals surface area contributed by atoms with E-state index >= 15 is 0 Å². The van der Waals surface area contributed by atoms with Crippen molar-refractivity contribution in [2.75, 3.05) is 5.32 Å². The molecule has 10 heteroatoms. The number of halogens is 3. The van der Waals surface area contributed by atoms with Gasteiger partial charge in [0.25, 0.3) is 0 Å². The Morgan fingerprint density at radius 2 is 1.40 bits per heavy atom. The number of carboxylic acid groups (broad SMARTS) is 1. The van der Waals surface area contributed by atoms with Crippen LogP contribution in [0.15, 0.2) is 72.8 Å². The second-order valence-electron chi connectivity index (χ2n) is 11.0. The second-order valence-corrected chi connectivity index (χ2v) is 11.0. The SMILES string of the molecule is CC(C)(C(=O)Nc1ccccc1F)c1[nH]c(CC[C@@H](O)C[C@@H](O)CC(=O)O)c(-c2ccc(F)cc2)c1-c1ccc(F)cc1. The number of rotatable bonds is 12. The molecule has 1 aromatic heterocycles. The number of aryl methyl sites for hydroxylation is 1. The van der Waals surface area contributed by atoms with Crippen molar-refractivity contribution in [2.24, 2.45) is 0 Å². The zero-order valence-electron chi connectivity index (χ0n) is 23.7. The number of aliphatic carboxylic acids is 1. The number of hydrogen-bond donors (Lipinski definition) is 5. The summed E-state index contributed by atoms with van der Waals surface area (Å²) in [6, 6.07) is 17.1. The third-order valence-corrected chi connectivity index (χ3v) is 7.34. The number of aliphatic hydroxyl groups excluding tert-OH is 2. The summed E-state index contributed by atoms with van der Waals surface area (Å²) in [5, 5.41) is 32.1. The summed E-state index contributed by atoms with van der Waals surface area (Å²) < 4.78 is 42.3. The molecule has 1 heterocycles. The van der Waals surface area contributed by atoms with Gasteiger partial charge in [-0.1, -0.05) is 36.4 Å². The molecular formula is C33H33F3N2O5. The molecule has 7 nitrogen and oxygen atoms in total. The van der Waals surface area contributed by atoms with Crippen molar-refractivity contribution >= 4 is 17.6 Å². The summed E-state index contributed by atoms with van der Waals surface area (Å²) in [4.78, 5) is 27.9. The van der Waals surface area contributed by atoms with E-state index in [1.165, 1.54) is 42.5 Å². The lowest BCUT2D eigenvalue weighted by Crippen LogP contribution is -2.36. The van der Waals surface area contributed by atoms with E-state index in [0.29, 0.717) is 33.6 Å². The average molecular weight is 595 g/mol. The molecule has 0 unspecified atom stereocenters. The van der Waals surface area contributed by atoms with Crippen LogP contribution in [0.2, 0.25) is 0 Å². The number of H-pyrrole nitrogens is 1. The van der Waals surface area contributed by atoms with Gasteiger partial charge in [0.05, 0.1) is 29.7 Å². The van der Waals surface area contributed by atoms with Crippen LogP contribution in [0.5, 0.6) is 0 Å². The number of carboxylic acids is 1. The first-order valence-corrected chi connectivity index (χ1v) is 13.8. The maximum atomic E-state index is 14.4. The van der Waals surface area contributed by atoms with Gasteiger partial charge in [-0.2, -0.15) is 0 Å². The lowest BCUT2D eigenvalue weighted by Gasteiger charge is -2.25. The zero-order chi connectivity index (χ0) is 31.3. The van der Waals surface area contributed by atoms with Crippen molar-refractivity contribution in [2.45, 2.75) is 57.2 Å². The topological polar surface area (TPSA) is 123 Å². The van der Waals surface area contributed by atoms with Crippen LogP contribution in [-0.4, -0.2) is 44.4 Å². The number of benzene rings is 3. The maximum Gasteiger partial charge on any atom is 0.305 e. The van der Waals surface area contributed by atoms with Gasteiger partial charge in [-0.3, -0.25) is 9.59 Å². The van der Waals surface area contributed by atoms with Gasteiger partial charge >= 0.3 is 5.97 Å². The molecule has 0 aliphatic carbocycles. The standard InChI is InChI=1S/C33H33F3N2O5/c1-33(2,32(43)38-26-6-4-3-5-25(26)36)31-30(20-9-13-22(35)14-10-20)29(19-7-11-21(34)12-8-19)27(37-31)16-15-23(39)17-24(40)18-28(41)42/h3-14,23-24,37,39-40H,15-18H2,1-2H3,(H,38,43)(H,41,42)/t23-,24-/m1/s1. The molecule has 0 saturated carbocycles. The monoisotopic (exact) mass is 594 g/mol. The third-order valence-electron chi connectivity index (χ3n) is 7.34. The number of carbonyl (C=O) groups excluding carboxylic acids is 1. The van der Waals surface area contributed by atoms with Crippen LogP contribution in [-0.2, 0) is 21.4 Å². The summed E-state index contributed by atoms with van der Waals surface area (Å²) in [7, 11) is 0. The van der Waals surface area contributed by atoms with Crippen molar-refractivity contribution in [3.63, 3.8) is 0 Å². The minimum absolute atomic E-state index is 0.00233. The molecule has 1 amide bonds. The molecule has 226 valence electrons. The highest BCUT2D eigenvalue weighted by atomic mass is 19.1. The Labute approximate surface area is 247 Å². The van der Waals surface area contributed by atoms with Crippen molar-refractivity contribution < 1.29 is 38.1 Å². The highest BCUT2D eigenvalue weighted by Gasteiger charge is 2.37. The van der Waals surface area contributed by atoms with Gasteiger partial charge in [0.1, 0.15) is 17.5 Å². The van der Waals surface area contributed by atoms with Crippen LogP contribution in [0.3, 0.4) is 0 Å². The third kappa shape index (κ3) is 7.52. The predicted octanol–water partition coefficient (Wildman–Crippen LogP) is 6.20. The van der Waals surface area contributed by atoms with E-state index in [4.69, 9.17) is 5.11 Å². The summed E-state index contributed by atoms with van der Waals surface area (Å²) >= 11 is 0. The zero-order valence-corrected chi connectivity index (χ0v) is 23.7. The van der Waals surface area contributed by atoms with Crippen LogP contribution < -0.4 is 5.32 Å². The molecule has 0 aliphatic heterocycles.